The van der Waals surface area contributed by atoms with Gasteiger partial charge in [-0.15, -0.1) is 0 Å². The van der Waals surface area contributed by atoms with Gasteiger partial charge in [0.15, 0.2) is 0 Å². The number of fused-ring (bicyclic) bond motifs is 1. The first-order chi connectivity index (χ1) is 8.76. The standard InChI is InChI=1S/C15H19N3/c16-8-11-1-5-15(6-2-11)18-9-12-3-4-14(17)7-13(12)10-18/h1-2,5-6,12-14H,3-4,7,9-10,17H2/t12-,13+,14?/m1/s1. The largest absolute Gasteiger partial charge is 0.371 e. The molecule has 1 saturated carbocycles. The molecule has 94 valence electrons. The Morgan fingerprint density at radius 1 is 1.11 bits per heavy atom. The monoisotopic (exact) mass is 241 g/mol. The number of nitrogens with two attached hydrogens (primary N) is 1. The predicted molar refractivity (Wildman–Crippen MR) is 72.2 cm³/mol. The normalized spacial score (nSPS) is 30.9. The SMILES string of the molecule is N#Cc1ccc(N2C[C@H]3CCC(N)C[C@H]3C2)cc1. The lowest BCUT2D eigenvalue weighted by atomic mass is 9.79. The lowest BCUT2D eigenvalue weighted by Gasteiger charge is -2.27. The zero-order valence-corrected chi connectivity index (χ0v) is 10.5. The summed E-state index contributed by atoms with van der Waals surface area (Å²) in [6, 6.07) is 10.5. The van der Waals surface area contributed by atoms with Gasteiger partial charge in [0.25, 0.3) is 0 Å². The molecule has 1 unspecified atom stereocenters. The van der Waals surface area contributed by atoms with Crippen molar-refractivity contribution < 1.29 is 0 Å². The van der Waals surface area contributed by atoms with Gasteiger partial charge >= 0.3 is 0 Å². The minimum Gasteiger partial charge on any atom is -0.371 e. The molecule has 0 radical (unpaired) electrons. The van der Waals surface area contributed by atoms with E-state index in [9.17, 15) is 0 Å². The van der Waals surface area contributed by atoms with Crippen molar-refractivity contribution in [2.24, 2.45) is 17.6 Å². The van der Waals surface area contributed by atoms with E-state index < -0.39 is 0 Å². The molecular weight excluding hydrogens is 222 g/mol. The third-order valence-electron chi connectivity index (χ3n) is 4.45. The molecule has 1 saturated heterocycles. The maximum Gasteiger partial charge on any atom is 0.0991 e. The zero-order valence-electron chi connectivity index (χ0n) is 10.5. The maximum atomic E-state index is 8.81. The molecule has 3 heteroatoms. The molecule has 3 rings (SSSR count). The lowest BCUT2D eigenvalue weighted by Crippen LogP contribution is -2.32. The Morgan fingerprint density at radius 3 is 2.56 bits per heavy atom. The summed E-state index contributed by atoms with van der Waals surface area (Å²) in [5.41, 5.74) is 8.04. The van der Waals surface area contributed by atoms with E-state index in [0.717, 1.165) is 30.5 Å². The highest BCUT2D eigenvalue weighted by Crippen LogP contribution is 2.37. The summed E-state index contributed by atoms with van der Waals surface area (Å²) >= 11 is 0. The molecule has 1 aliphatic heterocycles. The van der Waals surface area contributed by atoms with Crippen molar-refractivity contribution in [1.29, 1.82) is 5.26 Å². The van der Waals surface area contributed by atoms with Gasteiger partial charge in [0.2, 0.25) is 0 Å². The smallest absolute Gasteiger partial charge is 0.0991 e. The molecule has 0 bridgehead atoms. The number of anilines is 1. The Balaban J connectivity index is 1.73. The molecule has 3 atom stereocenters. The van der Waals surface area contributed by atoms with E-state index in [4.69, 9.17) is 11.0 Å². The summed E-state index contributed by atoms with van der Waals surface area (Å²) in [5, 5.41) is 8.81. The average Bonchev–Trinajstić information content (AvgIpc) is 2.81. The van der Waals surface area contributed by atoms with Crippen molar-refractivity contribution in [2.45, 2.75) is 25.3 Å². The van der Waals surface area contributed by atoms with Gasteiger partial charge in [0.05, 0.1) is 11.6 Å². The molecule has 1 aromatic carbocycles. The highest BCUT2D eigenvalue weighted by molar-refractivity contribution is 5.50. The fourth-order valence-electron chi connectivity index (χ4n) is 3.43. The summed E-state index contributed by atoms with van der Waals surface area (Å²) in [5.74, 6) is 1.59. The average molecular weight is 241 g/mol. The second-order valence-corrected chi connectivity index (χ2v) is 5.66. The van der Waals surface area contributed by atoms with Crippen LogP contribution < -0.4 is 10.6 Å². The third-order valence-corrected chi connectivity index (χ3v) is 4.45. The van der Waals surface area contributed by atoms with Crippen LogP contribution in [0.15, 0.2) is 24.3 Å². The minimum atomic E-state index is 0.409. The topological polar surface area (TPSA) is 53.0 Å². The van der Waals surface area contributed by atoms with E-state index in [-0.39, 0.29) is 0 Å². The van der Waals surface area contributed by atoms with Gasteiger partial charge in [0.1, 0.15) is 0 Å². The zero-order chi connectivity index (χ0) is 12.5. The highest BCUT2D eigenvalue weighted by Gasteiger charge is 2.36. The van der Waals surface area contributed by atoms with Crippen LogP contribution in [-0.4, -0.2) is 19.1 Å². The molecule has 2 fully saturated rings. The van der Waals surface area contributed by atoms with Crippen LogP contribution in [0.1, 0.15) is 24.8 Å². The minimum absolute atomic E-state index is 0.409. The molecule has 1 aliphatic carbocycles. The number of nitrogens with zero attached hydrogens (tertiary/aromatic N) is 2. The number of rotatable bonds is 1. The summed E-state index contributed by atoms with van der Waals surface area (Å²) in [6.45, 7) is 2.29. The van der Waals surface area contributed by atoms with Gasteiger partial charge in [-0.3, -0.25) is 0 Å². The number of benzene rings is 1. The van der Waals surface area contributed by atoms with Crippen LogP contribution in [0, 0.1) is 23.2 Å². The highest BCUT2D eigenvalue weighted by atomic mass is 15.2. The molecule has 2 N–H and O–H groups in total. The van der Waals surface area contributed by atoms with Gasteiger partial charge in [-0.2, -0.15) is 5.26 Å². The first-order valence-electron chi connectivity index (χ1n) is 6.77. The van der Waals surface area contributed by atoms with Crippen LogP contribution in [0.4, 0.5) is 5.69 Å². The van der Waals surface area contributed by atoms with Crippen molar-refractivity contribution >= 4 is 5.69 Å². The van der Waals surface area contributed by atoms with E-state index in [1.165, 1.54) is 24.9 Å². The summed E-state index contributed by atoms with van der Waals surface area (Å²) in [6.07, 6.45) is 3.64. The quantitative estimate of drug-likeness (QED) is 0.819. The second-order valence-electron chi connectivity index (χ2n) is 5.66. The van der Waals surface area contributed by atoms with Crippen LogP contribution in [0.5, 0.6) is 0 Å². The molecular formula is C15H19N3. The second kappa shape index (κ2) is 4.62. The van der Waals surface area contributed by atoms with Crippen LogP contribution in [-0.2, 0) is 0 Å². The number of hydrogen-bond acceptors (Lipinski definition) is 3. The van der Waals surface area contributed by atoms with E-state index >= 15 is 0 Å². The van der Waals surface area contributed by atoms with E-state index in [2.05, 4.69) is 23.1 Å². The van der Waals surface area contributed by atoms with E-state index in [0.29, 0.717) is 6.04 Å². The summed E-state index contributed by atoms with van der Waals surface area (Å²) < 4.78 is 0. The van der Waals surface area contributed by atoms with Crippen LogP contribution in [0.2, 0.25) is 0 Å². The Labute approximate surface area is 108 Å². The lowest BCUT2D eigenvalue weighted by molar-refractivity contribution is 0.271. The molecule has 1 heterocycles. The van der Waals surface area contributed by atoms with Crippen molar-refractivity contribution in [3.63, 3.8) is 0 Å². The van der Waals surface area contributed by atoms with Crippen molar-refractivity contribution in [1.82, 2.24) is 0 Å². The summed E-state index contributed by atoms with van der Waals surface area (Å²) in [4.78, 5) is 2.45. The van der Waals surface area contributed by atoms with E-state index in [1.54, 1.807) is 0 Å². The van der Waals surface area contributed by atoms with Crippen molar-refractivity contribution in [3.8, 4) is 6.07 Å². The Hall–Kier alpha value is -1.53. The van der Waals surface area contributed by atoms with Gasteiger partial charge < -0.3 is 10.6 Å². The van der Waals surface area contributed by atoms with Crippen LogP contribution in [0.25, 0.3) is 0 Å². The van der Waals surface area contributed by atoms with Gasteiger partial charge in [0, 0.05) is 24.8 Å². The number of nitriles is 1. The molecule has 0 aromatic heterocycles. The molecule has 0 spiro atoms. The molecule has 1 aromatic rings. The van der Waals surface area contributed by atoms with Crippen molar-refractivity contribution in [3.05, 3.63) is 29.8 Å². The molecule has 0 amide bonds. The first kappa shape index (κ1) is 11.6. The Bertz CT molecular complexity index is 460. The molecule has 3 nitrogen and oxygen atoms in total. The van der Waals surface area contributed by atoms with Crippen LogP contribution in [0.3, 0.4) is 0 Å². The summed E-state index contributed by atoms with van der Waals surface area (Å²) in [7, 11) is 0. The Morgan fingerprint density at radius 2 is 1.83 bits per heavy atom. The third kappa shape index (κ3) is 2.09. The maximum absolute atomic E-state index is 8.81. The fraction of sp³-hybridized carbons (Fsp3) is 0.533. The predicted octanol–water partition coefficient (Wildman–Crippen LogP) is 2.12. The fourth-order valence-corrected chi connectivity index (χ4v) is 3.43. The number of hydrogen-bond donors (Lipinski definition) is 1. The van der Waals surface area contributed by atoms with Crippen molar-refractivity contribution in [2.75, 3.05) is 18.0 Å². The van der Waals surface area contributed by atoms with Gasteiger partial charge in [-0.05, 0) is 55.4 Å². The van der Waals surface area contributed by atoms with Crippen LogP contribution >= 0.6 is 0 Å². The van der Waals surface area contributed by atoms with E-state index in [1.807, 2.05) is 12.1 Å². The first-order valence-corrected chi connectivity index (χ1v) is 6.77. The Kier molecular flexibility index (Phi) is 2.97. The molecule has 2 aliphatic rings. The van der Waals surface area contributed by atoms with Gasteiger partial charge in [-0.1, -0.05) is 0 Å². The molecule has 18 heavy (non-hydrogen) atoms. The van der Waals surface area contributed by atoms with Gasteiger partial charge in [-0.25, -0.2) is 0 Å².